The molecule has 8 nitrogen and oxygen atoms in total. The second-order valence-electron chi connectivity index (χ2n) is 6.39. The van der Waals surface area contributed by atoms with Crippen LogP contribution >= 0.6 is 11.6 Å². The van der Waals surface area contributed by atoms with Crippen molar-refractivity contribution in [3.05, 3.63) is 23.6 Å². The molecule has 1 fully saturated rings. The summed E-state index contributed by atoms with van der Waals surface area (Å²) in [5, 5.41) is 19.8. The first-order valence-corrected chi connectivity index (χ1v) is 9.16. The van der Waals surface area contributed by atoms with Gasteiger partial charge in [0.2, 0.25) is 5.95 Å². The van der Waals surface area contributed by atoms with E-state index in [-0.39, 0.29) is 0 Å². The number of unbranched alkanes of at least 4 members (excludes halogenated alkanes) is 1. The molecule has 1 atom stereocenters. The Hall–Kier alpha value is -2.37. The number of hydrogen-bond donors (Lipinski definition) is 2. The van der Waals surface area contributed by atoms with Crippen molar-refractivity contribution in [2.45, 2.75) is 31.7 Å². The van der Waals surface area contributed by atoms with E-state index in [0.29, 0.717) is 29.3 Å². The molecule has 0 aliphatic carbocycles. The highest BCUT2D eigenvalue weighted by molar-refractivity contribution is 6.32. The minimum atomic E-state index is 0.439. The van der Waals surface area contributed by atoms with Gasteiger partial charge in [-0.15, -0.1) is 0 Å². The first-order valence-electron chi connectivity index (χ1n) is 8.79. The zero-order valence-electron chi connectivity index (χ0n) is 14.8. The van der Waals surface area contributed by atoms with Crippen LogP contribution in [0.2, 0.25) is 5.02 Å². The molecule has 0 radical (unpaired) electrons. The number of halogens is 1. The molecule has 2 aromatic rings. The van der Waals surface area contributed by atoms with E-state index in [4.69, 9.17) is 16.9 Å². The summed E-state index contributed by atoms with van der Waals surface area (Å²) < 4.78 is 1.71. The Morgan fingerprint density at radius 3 is 3.08 bits per heavy atom. The van der Waals surface area contributed by atoms with Crippen molar-refractivity contribution in [3.8, 4) is 6.07 Å². The molecule has 0 amide bonds. The van der Waals surface area contributed by atoms with Gasteiger partial charge >= 0.3 is 0 Å². The first kappa shape index (κ1) is 18.4. The van der Waals surface area contributed by atoms with Crippen molar-refractivity contribution >= 4 is 29.1 Å². The average Bonchev–Trinajstić information content (AvgIpc) is 3.24. The van der Waals surface area contributed by atoms with E-state index in [0.717, 1.165) is 38.2 Å². The third-order valence-corrected chi connectivity index (χ3v) is 4.72. The van der Waals surface area contributed by atoms with Gasteiger partial charge in [-0.05, 0) is 32.4 Å². The van der Waals surface area contributed by atoms with Gasteiger partial charge in [0.15, 0.2) is 5.82 Å². The Morgan fingerprint density at radius 1 is 1.42 bits per heavy atom. The monoisotopic (exact) mass is 374 g/mol. The highest BCUT2D eigenvalue weighted by Crippen LogP contribution is 2.23. The zero-order valence-corrected chi connectivity index (χ0v) is 15.6. The lowest BCUT2D eigenvalue weighted by Crippen LogP contribution is -2.35. The molecule has 26 heavy (non-hydrogen) atoms. The maximum absolute atomic E-state index is 8.70. The number of nitrogens with zero attached hydrogens (tertiary/aromatic N) is 6. The lowest BCUT2D eigenvalue weighted by Gasteiger charge is -2.24. The molecular weight excluding hydrogens is 352 g/mol. The topological polar surface area (TPSA) is 94.7 Å². The van der Waals surface area contributed by atoms with Crippen LogP contribution in [-0.2, 0) is 7.05 Å². The second-order valence-corrected chi connectivity index (χ2v) is 6.80. The molecule has 1 aliphatic rings. The smallest absolute Gasteiger partial charge is 0.229 e. The summed E-state index contributed by atoms with van der Waals surface area (Å²) in [6.07, 6.45) is 9.01. The fourth-order valence-corrected chi connectivity index (χ4v) is 3.32. The second kappa shape index (κ2) is 8.83. The molecule has 0 bridgehead atoms. The molecule has 1 aliphatic heterocycles. The summed E-state index contributed by atoms with van der Waals surface area (Å²) in [4.78, 5) is 11.1. The Kier molecular flexibility index (Phi) is 6.26. The van der Waals surface area contributed by atoms with Gasteiger partial charge in [-0.3, -0.25) is 9.58 Å². The number of nitrogens with one attached hydrogen (secondary N) is 2. The highest BCUT2D eigenvalue weighted by atomic mass is 35.5. The number of aromatic nitrogens is 4. The van der Waals surface area contributed by atoms with E-state index in [1.807, 2.05) is 13.2 Å². The van der Waals surface area contributed by atoms with Crippen LogP contribution in [0.25, 0.3) is 0 Å². The third kappa shape index (κ3) is 4.84. The van der Waals surface area contributed by atoms with Gasteiger partial charge in [0.05, 0.1) is 24.2 Å². The minimum absolute atomic E-state index is 0.439. The quantitative estimate of drug-likeness (QED) is 0.686. The van der Waals surface area contributed by atoms with Crippen LogP contribution in [0.5, 0.6) is 0 Å². The summed E-state index contributed by atoms with van der Waals surface area (Å²) in [6, 6.07) is 2.65. The summed E-state index contributed by atoms with van der Waals surface area (Å²) >= 11 is 6.25. The van der Waals surface area contributed by atoms with E-state index in [1.165, 1.54) is 6.42 Å². The van der Waals surface area contributed by atoms with Gasteiger partial charge in [-0.1, -0.05) is 11.6 Å². The molecule has 138 valence electrons. The molecule has 0 aromatic carbocycles. The van der Waals surface area contributed by atoms with Gasteiger partial charge < -0.3 is 10.6 Å². The average molecular weight is 375 g/mol. The number of rotatable bonds is 8. The predicted molar refractivity (Wildman–Crippen MR) is 101 cm³/mol. The van der Waals surface area contributed by atoms with Gasteiger partial charge in [0.25, 0.3) is 0 Å². The van der Waals surface area contributed by atoms with Crippen molar-refractivity contribution in [2.75, 3.05) is 30.3 Å². The number of anilines is 3. The maximum Gasteiger partial charge on any atom is 0.229 e. The van der Waals surface area contributed by atoms with Crippen LogP contribution in [0.1, 0.15) is 25.7 Å². The number of aryl methyl sites for hydroxylation is 1. The van der Waals surface area contributed by atoms with Crippen molar-refractivity contribution in [1.29, 1.82) is 5.26 Å². The van der Waals surface area contributed by atoms with Crippen LogP contribution < -0.4 is 10.6 Å². The molecule has 3 heterocycles. The van der Waals surface area contributed by atoms with E-state index in [2.05, 4.69) is 36.7 Å². The van der Waals surface area contributed by atoms with Crippen molar-refractivity contribution in [1.82, 2.24) is 24.6 Å². The predicted octanol–water partition coefficient (Wildman–Crippen LogP) is 2.79. The summed E-state index contributed by atoms with van der Waals surface area (Å²) in [7, 11) is 1.85. The van der Waals surface area contributed by atoms with Gasteiger partial charge in [-0.25, -0.2) is 4.98 Å². The fourth-order valence-electron chi connectivity index (χ4n) is 3.16. The fraction of sp³-hybridized carbons (Fsp3) is 0.529. The van der Waals surface area contributed by atoms with E-state index in [1.54, 1.807) is 17.1 Å². The minimum Gasteiger partial charge on any atom is -0.367 e. The van der Waals surface area contributed by atoms with Gasteiger partial charge in [0, 0.05) is 32.3 Å². The zero-order chi connectivity index (χ0) is 18.4. The Bertz CT molecular complexity index is 768. The van der Waals surface area contributed by atoms with Crippen LogP contribution in [0.3, 0.4) is 0 Å². The molecular formula is C17H23ClN8. The maximum atomic E-state index is 8.70. The van der Waals surface area contributed by atoms with Gasteiger partial charge in [0.1, 0.15) is 5.02 Å². The van der Waals surface area contributed by atoms with Crippen LogP contribution in [0.15, 0.2) is 18.6 Å². The lowest BCUT2D eigenvalue weighted by atomic mass is 10.2. The summed E-state index contributed by atoms with van der Waals surface area (Å²) in [5.41, 5.74) is 0.820. The Morgan fingerprint density at radius 2 is 2.31 bits per heavy atom. The molecule has 3 rings (SSSR count). The normalized spacial score (nSPS) is 17.2. The van der Waals surface area contributed by atoms with Crippen molar-refractivity contribution < 1.29 is 0 Å². The van der Waals surface area contributed by atoms with E-state index in [9.17, 15) is 0 Å². The van der Waals surface area contributed by atoms with E-state index >= 15 is 0 Å². The van der Waals surface area contributed by atoms with Crippen LogP contribution in [0.4, 0.5) is 17.5 Å². The number of nitriles is 1. The molecule has 2 N–H and O–H groups in total. The summed E-state index contributed by atoms with van der Waals surface area (Å²) in [5.74, 6) is 1.10. The molecule has 1 unspecified atom stereocenters. The van der Waals surface area contributed by atoms with Gasteiger partial charge in [-0.2, -0.15) is 15.3 Å². The standard InChI is InChI=1S/C17H23ClN8/c1-25-12-13(9-22-25)23-17-21-11-15(18)16(24-17)20-10-14-5-4-8-26(14)7-3-2-6-19/h9,11-12,14H,2-5,7-8,10H2,1H3,(H2,20,21,23,24). The highest BCUT2D eigenvalue weighted by Gasteiger charge is 2.24. The molecule has 2 aromatic heterocycles. The molecule has 0 saturated carbocycles. The van der Waals surface area contributed by atoms with Crippen molar-refractivity contribution in [3.63, 3.8) is 0 Å². The Labute approximate surface area is 158 Å². The SMILES string of the molecule is Cn1cc(Nc2ncc(Cl)c(NCC3CCCN3CCCC#N)n2)cn1. The molecule has 9 heteroatoms. The summed E-state index contributed by atoms with van der Waals surface area (Å²) in [6.45, 7) is 2.82. The van der Waals surface area contributed by atoms with E-state index < -0.39 is 0 Å². The molecule has 1 saturated heterocycles. The largest absolute Gasteiger partial charge is 0.367 e. The van der Waals surface area contributed by atoms with Crippen LogP contribution in [0, 0.1) is 11.3 Å². The van der Waals surface area contributed by atoms with Crippen LogP contribution in [-0.4, -0.2) is 50.3 Å². The van der Waals surface area contributed by atoms with Crippen molar-refractivity contribution in [2.24, 2.45) is 7.05 Å². The number of hydrogen-bond acceptors (Lipinski definition) is 7. The lowest BCUT2D eigenvalue weighted by molar-refractivity contribution is 0.260. The third-order valence-electron chi connectivity index (χ3n) is 4.44. The first-order chi connectivity index (χ1) is 12.7. The molecule has 0 spiro atoms. The Balaban J connectivity index is 1.58. The number of likely N-dealkylation sites (tertiary alicyclic amines) is 1.